The molecule has 2 aliphatic heterocycles. The number of carboxylic acids is 1. The molecule has 7 heteroatoms. The lowest BCUT2D eigenvalue weighted by molar-refractivity contribution is -0.141. The van der Waals surface area contributed by atoms with Gasteiger partial charge in [-0.3, -0.25) is 19.3 Å². The van der Waals surface area contributed by atoms with Crippen molar-refractivity contribution in [3.05, 3.63) is 0 Å². The minimum Gasteiger partial charge on any atom is -0.480 e. The third-order valence-corrected chi connectivity index (χ3v) is 3.58. The number of carbonyl (C=O) groups is 3. The van der Waals surface area contributed by atoms with E-state index in [9.17, 15) is 14.4 Å². The second-order valence-electron chi connectivity index (χ2n) is 4.97. The molecule has 0 radical (unpaired) electrons. The van der Waals surface area contributed by atoms with Gasteiger partial charge in [0, 0.05) is 39.1 Å². The van der Waals surface area contributed by atoms with Crippen LogP contribution >= 0.6 is 0 Å². The zero-order valence-electron chi connectivity index (χ0n) is 10.9. The highest BCUT2D eigenvalue weighted by Gasteiger charge is 2.27. The van der Waals surface area contributed by atoms with E-state index < -0.39 is 5.97 Å². The number of piperazine rings is 1. The van der Waals surface area contributed by atoms with Gasteiger partial charge in [0.25, 0.3) is 0 Å². The Morgan fingerprint density at radius 2 is 1.74 bits per heavy atom. The molecule has 106 valence electrons. The first-order chi connectivity index (χ1) is 9.06. The molecule has 0 aromatic carbocycles. The molecular weight excluding hydrogens is 250 g/mol. The standard InChI is InChI=1S/C12H19N3O4/c16-10-2-1-3-15(10)8-11(17)14-6-4-13(5-7-14)9-12(18)19/h1-9H2,(H,18,19). The number of hydrogen-bond acceptors (Lipinski definition) is 4. The van der Waals surface area contributed by atoms with Gasteiger partial charge in [-0.25, -0.2) is 0 Å². The molecule has 2 heterocycles. The average Bonchev–Trinajstić information content (AvgIpc) is 2.75. The quantitative estimate of drug-likeness (QED) is 0.696. The summed E-state index contributed by atoms with van der Waals surface area (Å²) in [7, 11) is 0. The number of hydrogen-bond donors (Lipinski definition) is 1. The number of carboxylic acid groups (broad SMARTS) is 1. The highest BCUT2D eigenvalue weighted by Crippen LogP contribution is 2.10. The maximum Gasteiger partial charge on any atom is 0.317 e. The molecule has 0 saturated carbocycles. The number of aliphatic carboxylic acids is 1. The monoisotopic (exact) mass is 269 g/mol. The Bertz CT molecular complexity index is 377. The fourth-order valence-electron chi connectivity index (χ4n) is 2.48. The first kappa shape index (κ1) is 13.8. The van der Waals surface area contributed by atoms with Crippen LogP contribution in [0.2, 0.25) is 0 Å². The summed E-state index contributed by atoms with van der Waals surface area (Å²) in [6.45, 7) is 3.08. The van der Waals surface area contributed by atoms with Gasteiger partial charge >= 0.3 is 5.97 Å². The largest absolute Gasteiger partial charge is 0.480 e. The first-order valence-corrected chi connectivity index (χ1v) is 6.56. The number of carbonyl (C=O) groups excluding carboxylic acids is 2. The number of amides is 2. The van der Waals surface area contributed by atoms with Crippen molar-refractivity contribution in [2.24, 2.45) is 0 Å². The molecule has 7 nitrogen and oxygen atoms in total. The fourth-order valence-corrected chi connectivity index (χ4v) is 2.48. The van der Waals surface area contributed by atoms with Crippen molar-refractivity contribution in [3.63, 3.8) is 0 Å². The molecule has 0 aromatic heterocycles. The second-order valence-corrected chi connectivity index (χ2v) is 4.97. The van der Waals surface area contributed by atoms with Crippen LogP contribution in [-0.4, -0.2) is 83.4 Å². The van der Waals surface area contributed by atoms with E-state index in [1.54, 1.807) is 9.80 Å². The Kier molecular flexibility index (Phi) is 4.36. The topological polar surface area (TPSA) is 81.2 Å². The summed E-state index contributed by atoms with van der Waals surface area (Å²) in [6, 6.07) is 0. The van der Waals surface area contributed by atoms with Crippen molar-refractivity contribution >= 4 is 17.8 Å². The SMILES string of the molecule is O=C(O)CN1CCN(C(=O)CN2CCCC2=O)CC1. The molecule has 19 heavy (non-hydrogen) atoms. The van der Waals surface area contributed by atoms with Crippen LogP contribution in [-0.2, 0) is 14.4 Å². The zero-order chi connectivity index (χ0) is 13.8. The summed E-state index contributed by atoms with van der Waals surface area (Å²) in [5.41, 5.74) is 0. The van der Waals surface area contributed by atoms with Gasteiger partial charge in [-0.05, 0) is 6.42 Å². The number of rotatable bonds is 4. The van der Waals surface area contributed by atoms with Gasteiger partial charge in [0.15, 0.2) is 0 Å². The minimum atomic E-state index is -0.845. The second kappa shape index (κ2) is 6.01. The van der Waals surface area contributed by atoms with Crippen molar-refractivity contribution in [2.45, 2.75) is 12.8 Å². The Morgan fingerprint density at radius 3 is 2.26 bits per heavy atom. The summed E-state index contributed by atoms with van der Waals surface area (Å²) >= 11 is 0. The molecule has 0 aliphatic carbocycles. The predicted octanol–water partition coefficient (Wildman–Crippen LogP) is -1.16. The van der Waals surface area contributed by atoms with Crippen molar-refractivity contribution in [3.8, 4) is 0 Å². The Hall–Kier alpha value is -1.63. The van der Waals surface area contributed by atoms with E-state index in [-0.39, 0.29) is 24.9 Å². The molecule has 2 fully saturated rings. The summed E-state index contributed by atoms with van der Waals surface area (Å²) in [6.07, 6.45) is 1.37. The van der Waals surface area contributed by atoms with Crippen molar-refractivity contribution in [1.29, 1.82) is 0 Å². The van der Waals surface area contributed by atoms with E-state index in [0.717, 1.165) is 6.42 Å². The summed E-state index contributed by atoms with van der Waals surface area (Å²) < 4.78 is 0. The number of nitrogens with zero attached hydrogens (tertiary/aromatic N) is 3. The predicted molar refractivity (Wildman–Crippen MR) is 66.5 cm³/mol. The maximum atomic E-state index is 12.0. The van der Waals surface area contributed by atoms with Crippen LogP contribution in [0.4, 0.5) is 0 Å². The normalized spacial score (nSPS) is 20.9. The highest BCUT2D eigenvalue weighted by atomic mass is 16.4. The van der Waals surface area contributed by atoms with Gasteiger partial charge in [-0.2, -0.15) is 0 Å². The average molecular weight is 269 g/mol. The molecule has 2 amide bonds. The molecule has 2 saturated heterocycles. The van der Waals surface area contributed by atoms with Crippen LogP contribution in [0, 0.1) is 0 Å². The Labute approximate surface area is 111 Å². The first-order valence-electron chi connectivity index (χ1n) is 6.56. The maximum absolute atomic E-state index is 12.0. The van der Waals surface area contributed by atoms with E-state index >= 15 is 0 Å². The lowest BCUT2D eigenvalue weighted by Crippen LogP contribution is -2.52. The summed E-state index contributed by atoms with van der Waals surface area (Å²) in [5, 5.41) is 8.69. The van der Waals surface area contributed by atoms with Crippen LogP contribution in [0.1, 0.15) is 12.8 Å². The van der Waals surface area contributed by atoms with E-state index in [1.165, 1.54) is 0 Å². The highest BCUT2D eigenvalue weighted by molar-refractivity contribution is 5.86. The van der Waals surface area contributed by atoms with Crippen LogP contribution in [0.25, 0.3) is 0 Å². The van der Waals surface area contributed by atoms with Crippen LogP contribution in [0.5, 0.6) is 0 Å². The lowest BCUT2D eigenvalue weighted by Gasteiger charge is -2.34. The molecule has 0 spiro atoms. The molecule has 0 bridgehead atoms. The minimum absolute atomic E-state index is 0.0205. The molecule has 2 rings (SSSR count). The molecule has 1 N–H and O–H groups in total. The van der Waals surface area contributed by atoms with Crippen LogP contribution in [0.3, 0.4) is 0 Å². The van der Waals surface area contributed by atoms with Gasteiger partial charge in [0.2, 0.25) is 11.8 Å². The van der Waals surface area contributed by atoms with E-state index in [4.69, 9.17) is 5.11 Å². The molecule has 2 aliphatic rings. The molecule has 0 aromatic rings. The zero-order valence-corrected chi connectivity index (χ0v) is 10.9. The molecular formula is C12H19N3O4. The Balaban J connectivity index is 1.76. The molecule has 0 unspecified atom stereocenters. The van der Waals surface area contributed by atoms with Gasteiger partial charge in [-0.15, -0.1) is 0 Å². The number of likely N-dealkylation sites (tertiary alicyclic amines) is 1. The van der Waals surface area contributed by atoms with E-state index in [0.29, 0.717) is 39.1 Å². The van der Waals surface area contributed by atoms with Gasteiger partial charge < -0.3 is 14.9 Å². The van der Waals surface area contributed by atoms with Crippen LogP contribution < -0.4 is 0 Å². The summed E-state index contributed by atoms with van der Waals surface area (Å²) in [5.74, 6) is -0.828. The third kappa shape index (κ3) is 3.66. The molecule has 0 atom stereocenters. The van der Waals surface area contributed by atoms with Crippen molar-refractivity contribution < 1.29 is 19.5 Å². The van der Waals surface area contributed by atoms with Gasteiger partial charge in [-0.1, -0.05) is 0 Å². The third-order valence-electron chi connectivity index (χ3n) is 3.58. The van der Waals surface area contributed by atoms with Crippen LogP contribution in [0.15, 0.2) is 0 Å². The van der Waals surface area contributed by atoms with E-state index in [2.05, 4.69) is 0 Å². The summed E-state index contributed by atoms with van der Waals surface area (Å²) in [4.78, 5) is 39.2. The van der Waals surface area contributed by atoms with Gasteiger partial charge in [0.05, 0.1) is 13.1 Å². The van der Waals surface area contributed by atoms with E-state index in [1.807, 2.05) is 4.90 Å². The van der Waals surface area contributed by atoms with Gasteiger partial charge in [0.1, 0.15) is 0 Å². The smallest absolute Gasteiger partial charge is 0.317 e. The Morgan fingerprint density at radius 1 is 1.05 bits per heavy atom. The van der Waals surface area contributed by atoms with Crippen molar-refractivity contribution in [2.75, 3.05) is 45.8 Å². The lowest BCUT2D eigenvalue weighted by atomic mass is 10.3. The fraction of sp³-hybridized carbons (Fsp3) is 0.750. The van der Waals surface area contributed by atoms with Crippen molar-refractivity contribution in [1.82, 2.24) is 14.7 Å².